The van der Waals surface area contributed by atoms with Crippen molar-refractivity contribution in [3.05, 3.63) is 41.6 Å². The summed E-state index contributed by atoms with van der Waals surface area (Å²) in [6, 6.07) is 0. The van der Waals surface area contributed by atoms with Crippen LogP contribution in [-0.2, 0) is 14.3 Å². The highest BCUT2D eigenvalue weighted by Gasteiger charge is 2.35. The van der Waals surface area contributed by atoms with E-state index in [4.69, 9.17) is 14.9 Å². The zero-order valence-electron chi connectivity index (χ0n) is 13.3. The first-order valence-electron chi connectivity index (χ1n) is 7.19. The van der Waals surface area contributed by atoms with Crippen LogP contribution in [0.1, 0.15) is 30.3 Å². The predicted octanol–water partition coefficient (Wildman–Crippen LogP) is 4.38. The molecular formula is C15H14Br2N2O5S2. The summed E-state index contributed by atoms with van der Waals surface area (Å²) in [4.78, 5) is 21.9. The van der Waals surface area contributed by atoms with Crippen LogP contribution in [0.2, 0.25) is 0 Å². The number of aliphatic hydroxyl groups is 1. The number of hydrogen-bond donors (Lipinski definition) is 3. The number of amides is 2. The number of alkyl carbamates (subject to hydrolysis) is 1. The fourth-order valence-corrected chi connectivity index (χ4v) is 4.95. The Balaban J connectivity index is 0.000000187. The highest BCUT2D eigenvalue weighted by atomic mass is 79.9. The van der Waals surface area contributed by atoms with Gasteiger partial charge < -0.3 is 14.6 Å². The van der Waals surface area contributed by atoms with Crippen molar-refractivity contribution in [1.29, 1.82) is 5.41 Å². The molecule has 2 amide bonds. The van der Waals surface area contributed by atoms with Crippen molar-refractivity contribution in [3.63, 3.8) is 0 Å². The molecule has 2 aromatic heterocycles. The Labute approximate surface area is 174 Å². The van der Waals surface area contributed by atoms with E-state index in [1.807, 2.05) is 10.8 Å². The summed E-state index contributed by atoms with van der Waals surface area (Å²) in [5.41, 5.74) is 1.37. The lowest BCUT2D eigenvalue weighted by Gasteiger charge is -2.11. The molecule has 1 saturated heterocycles. The second-order valence-electron chi connectivity index (χ2n) is 4.82. The van der Waals surface area contributed by atoms with Crippen molar-refractivity contribution < 1.29 is 24.2 Å². The van der Waals surface area contributed by atoms with Crippen LogP contribution in [0.15, 0.2) is 30.5 Å². The number of ether oxygens (including phenoxy) is 2. The summed E-state index contributed by atoms with van der Waals surface area (Å²) in [7, 11) is 0. The first kappa shape index (κ1) is 21.0. The van der Waals surface area contributed by atoms with Gasteiger partial charge in [-0.1, -0.05) is 0 Å². The number of halogens is 2. The lowest BCUT2D eigenvalue weighted by atomic mass is 10.2. The minimum atomic E-state index is -0.958. The summed E-state index contributed by atoms with van der Waals surface area (Å²) in [5, 5.41) is 26.3. The fourth-order valence-electron chi connectivity index (χ4n) is 1.90. The van der Waals surface area contributed by atoms with Gasteiger partial charge in [-0.05, 0) is 49.5 Å². The van der Waals surface area contributed by atoms with Crippen LogP contribution in [0.5, 0.6) is 0 Å². The number of cyclic esters (lactones) is 1. The minimum absolute atomic E-state index is 0.110. The smallest absolute Gasteiger partial charge is 0.415 e. The Morgan fingerprint density at radius 2 is 1.96 bits per heavy atom. The van der Waals surface area contributed by atoms with Gasteiger partial charge >= 0.3 is 6.09 Å². The second-order valence-corrected chi connectivity index (χ2v) is 8.02. The number of carbonyl (C=O) groups is 2. The van der Waals surface area contributed by atoms with Crippen LogP contribution in [-0.4, -0.2) is 29.6 Å². The molecule has 0 bridgehead atoms. The number of carbonyl (C=O) groups excluding carboxylic acids is 2. The standard InChI is InChI=1S/C8H10BrNO2S.C7H4BrNO3S/c1-2-12-8(10)7(11)5-3-13-4-6(5)9;8-4-2-13-1-3(4)5-6(10)9-7(11)12-5/h3-4,7,10-11H,2H2,1H3;1-2,5H,(H,9,10,11). The maximum Gasteiger partial charge on any atom is 0.415 e. The van der Waals surface area contributed by atoms with Gasteiger partial charge in [-0.3, -0.25) is 15.5 Å². The van der Waals surface area contributed by atoms with Crippen LogP contribution < -0.4 is 5.32 Å². The quantitative estimate of drug-likeness (QED) is 0.405. The molecule has 3 rings (SSSR count). The molecule has 1 aliphatic heterocycles. The SMILES string of the molecule is CCOC(=N)C(O)c1cscc1Br.O=C1NC(=O)C(c2cscc2Br)O1. The Morgan fingerprint density at radius 3 is 2.42 bits per heavy atom. The Bertz CT molecular complexity index is 808. The van der Waals surface area contributed by atoms with Gasteiger partial charge in [0.05, 0.1) is 6.61 Å². The van der Waals surface area contributed by atoms with Crippen LogP contribution in [0.3, 0.4) is 0 Å². The molecule has 0 aromatic carbocycles. The highest BCUT2D eigenvalue weighted by molar-refractivity contribution is 9.10. The van der Waals surface area contributed by atoms with Crippen molar-refractivity contribution in [2.75, 3.05) is 6.61 Å². The molecule has 1 aliphatic rings. The molecule has 0 spiro atoms. The highest BCUT2D eigenvalue weighted by Crippen LogP contribution is 2.31. The number of rotatable bonds is 4. The molecule has 2 aromatic rings. The normalized spacial score (nSPS) is 17.0. The van der Waals surface area contributed by atoms with E-state index < -0.39 is 24.2 Å². The molecule has 2 atom stereocenters. The van der Waals surface area contributed by atoms with E-state index in [1.165, 1.54) is 22.7 Å². The molecule has 7 nitrogen and oxygen atoms in total. The van der Waals surface area contributed by atoms with E-state index in [0.717, 1.165) is 8.95 Å². The van der Waals surface area contributed by atoms with Gasteiger partial charge in [0.25, 0.3) is 5.91 Å². The lowest BCUT2D eigenvalue weighted by Crippen LogP contribution is -2.20. The summed E-state index contributed by atoms with van der Waals surface area (Å²) >= 11 is 9.46. The van der Waals surface area contributed by atoms with Gasteiger partial charge in [0.2, 0.25) is 12.0 Å². The number of hydrogen-bond acceptors (Lipinski definition) is 8. The molecule has 0 saturated carbocycles. The van der Waals surface area contributed by atoms with E-state index in [0.29, 0.717) is 17.7 Å². The number of thiophene rings is 2. The molecule has 140 valence electrons. The van der Waals surface area contributed by atoms with Gasteiger partial charge in [0.15, 0.2) is 6.10 Å². The van der Waals surface area contributed by atoms with E-state index in [2.05, 4.69) is 37.2 Å². The monoisotopic (exact) mass is 524 g/mol. The molecular weight excluding hydrogens is 512 g/mol. The third-order valence-electron chi connectivity index (χ3n) is 3.10. The van der Waals surface area contributed by atoms with Crippen molar-refractivity contribution in [1.82, 2.24) is 5.32 Å². The van der Waals surface area contributed by atoms with Crippen molar-refractivity contribution in [2.24, 2.45) is 0 Å². The van der Waals surface area contributed by atoms with E-state index in [9.17, 15) is 14.7 Å². The largest absolute Gasteiger partial charge is 0.479 e. The molecule has 1 fully saturated rings. The van der Waals surface area contributed by atoms with Gasteiger partial charge in [-0.2, -0.15) is 22.7 Å². The van der Waals surface area contributed by atoms with Gasteiger partial charge in [-0.15, -0.1) is 0 Å². The maximum atomic E-state index is 11.2. The van der Waals surface area contributed by atoms with E-state index in [-0.39, 0.29) is 5.90 Å². The molecule has 26 heavy (non-hydrogen) atoms. The average Bonchev–Trinajstić information content (AvgIpc) is 3.28. The first-order chi connectivity index (χ1) is 12.3. The number of aliphatic hydroxyl groups excluding tert-OH is 1. The van der Waals surface area contributed by atoms with E-state index >= 15 is 0 Å². The van der Waals surface area contributed by atoms with Crippen molar-refractivity contribution >= 4 is 72.4 Å². The number of nitrogens with one attached hydrogen (secondary N) is 2. The average molecular weight is 526 g/mol. The summed E-state index contributed by atoms with van der Waals surface area (Å²) < 4.78 is 11.3. The van der Waals surface area contributed by atoms with E-state index in [1.54, 1.807) is 17.7 Å². The Hall–Kier alpha value is -1.27. The summed E-state index contributed by atoms with van der Waals surface area (Å²) in [6.45, 7) is 2.18. The first-order valence-corrected chi connectivity index (χ1v) is 10.7. The zero-order valence-corrected chi connectivity index (χ0v) is 18.1. The second kappa shape index (κ2) is 9.60. The number of imide groups is 1. The van der Waals surface area contributed by atoms with Crippen LogP contribution in [0, 0.1) is 5.41 Å². The Kier molecular flexibility index (Phi) is 7.77. The zero-order chi connectivity index (χ0) is 19.3. The van der Waals surface area contributed by atoms with Gasteiger partial charge in [0, 0.05) is 30.8 Å². The third kappa shape index (κ3) is 5.13. The topological polar surface area (TPSA) is 109 Å². The van der Waals surface area contributed by atoms with Crippen molar-refractivity contribution in [2.45, 2.75) is 19.1 Å². The molecule has 0 radical (unpaired) electrons. The molecule has 3 N–H and O–H groups in total. The molecule has 3 heterocycles. The summed E-state index contributed by atoms with van der Waals surface area (Å²) in [6.07, 6.45) is -2.44. The lowest BCUT2D eigenvalue weighted by molar-refractivity contribution is -0.123. The van der Waals surface area contributed by atoms with Crippen LogP contribution >= 0.6 is 54.5 Å². The fraction of sp³-hybridized carbons (Fsp3) is 0.267. The third-order valence-corrected chi connectivity index (χ3v) is 6.60. The van der Waals surface area contributed by atoms with Gasteiger partial charge in [-0.25, -0.2) is 4.79 Å². The maximum absolute atomic E-state index is 11.2. The Morgan fingerprint density at radius 1 is 1.31 bits per heavy atom. The molecule has 11 heteroatoms. The predicted molar refractivity (Wildman–Crippen MR) is 106 cm³/mol. The van der Waals surface area contributed by atoms with Gasteiger partial charge in [0.1, 0.15) is 0 Å². The van der Waals surface area contributed by atoms with Crippen molar-refractivity contribution in [3.8, 4) is 0 Å². The van der Waals surface area contributed by atoms with Crippen LogP contribution in [0.4, 0.5) is 4.79 Å². The minimum Gasteiger partial charge on any atom is -0.479 e. The molecule has 0 aliphatic carbocycles. The van der Waals surface area contributed by atoms with Crippen LogP contribution in [0.25, 0.3) is 0 Å². The molecule has 2 unspecified atom stereocenters. The summed E-state index contributed by atoms with van der Waals surface area (Å²) in [5.74, 6) is -0.522.